The van der Waals surface area contributed by atoms with Crippen LogP contribution in [0.1, 0.15) is 58.3 Å². The van der Waals surface area contributed by atoms with E-state index in [2.05, 4.69) is 31.8 Å². The smallest absolute Gasteiger partial charge is 0.191 e. The Hall–Kier alpha value is -0.840. The van der Waals surface area contributed by atoms with Gasteiger partial charge in [-0.05, 0) is 62.0 Å². The van der Waals surface area contributed by atoms with Crippen LogP contribution >= 0.6 is 0 Å². The summed E-state index contributed by atoms with van der Waals surface area (Å²) in [4.78, 5) is 3.35. The lowest BCUT2D eigenvalue weighted by molar-refractivity contribution is -0.290. The molecule has 4 heteroatoms. The molecule has 1 saturated carbocycles. The van der Waals surface area contributed by atoms with E-state index in [1.807, 2.05) is 12.3 Å². The summed E-state index contributed by atoms with van der Waals surface area (Å²) >= 11 is 0. The molecule has 3 saturated heterocycles. The average molecular weight is 317 g/mol. The summed E-state index contributed by atoms with van der Waals surface area (Å²) in [5.74, 6) is 1.74. The van der Waals surface area contributed by atoms with Gasteiger partial charge in [0.25, 0.3) is 0 Å². The largest absolute Gasteiger partial charge is 0.363 e. The molecule has 23 heavy (non-hydrogen) atoms. The van der Waals surface area contributed by atoms with Crippen LogP contribution in [0.4, 0.5) is 0 Å². The molecule has 3 aliphatic heterocycles. The SMILES string of the molecule is C[C@H]1C(c2ccc[nH]2)O[C@@H]2O[C@]3(C)CCC4[C@H](C)CCC1[C@]42O3. The van der Waals surface area contributed by atoms with Gasteiger partial charge in [0.05, 0.1) is 0 Å². The highest BCUT2D eigenvalue weighted by Gasteiger charge is 2.71. The molecule has 3 unspecified atom stereocenters. The van der Waals surface area contributed by atoms with E-state index in [-0.39, 0.29) is 18.0 Å². The minimum absolute atomic E-state index is 0.0752. The van der Waals surface area contributed by atoms with Crippen molar-refractivity contribution < 1.29 is 14.2 Å². The first-order valence-electron chi connectivity index (χ1n) is 9.20. The van der Waals surface area contributed by atoms with Crippen LogP contribution in [0.15, 0.2) is 18.3 Å². The summed E-state index contributed by atoms with van der Waals surface area (Å²) in [6, 6.07) is 4.18. The molecule has 4 fully saturated rings. The van der Waals surface area contributed by atoms with Gasteiger partial charge in [0, 0.05) is 18.3 Å². The van der Waals surface area contributed by atoms with Crippen molar-refractivity contribution in [1.82, 2.24) is 4.98 Å². The summed E-state index contributed by atoms with van der Waals surface area (Å²) in [5.41, 5.74) is 0.936. The topological polar surface area (TPSA) is 43.5 Å². The molecule has 1 aliphatic carbocycles. The van der Waals surface area contributed by atoms with Crippen molar-refractivity contribution in [2.75, 3.05) is 0 Å². The van der Waals surface area contributed by atoms with Crippen molar-refractivity contribution in [2.45, 2.75) is 70.2 Å². The molecule has 5 rings (SSSR count). The average Bonchev–Trinajstić information content (AvgIpc) is 3.10. The van der Waals surface area contributed by atoms with Gasteiger partial charge in [-0.3, -0.25) is 0 Å². The van der Waals surface area contributed by atoms with Gasteiger partial charge in [-0.2, -0.15) is 0 Å². The summed E-state index contributed by atoms with van der Waals surface area (Å²) in [5, 5.41) is 0. The molecule has 0 aromatic carbocycles. The quantitative estimate of drug-likeness (QED) is 0.851. The van der Waals surface area contributed by atoms with E-state index in [9.17, 15) is 0 Å². The van der Waals surface area contributed by atoms with Crippen LogP contribution in [-0.4, -0.2) is 22.7 Å². The third kappa shape index (κ3) is 1.77. The Morgan fingerprint density at radius 2 is 2.04 bits per heavy atom. The van der Waals surface area contributed by atoms with Crippen molar-refractivity contribution in [3.63, 3.8) is 0 Å². The Balaban J connectivity index is 1.59. The van der Waals surface area contributed by atoms with Crippen LogP contribution in [0, 0.1) is 23.7 Å². The Morgan fingerprint density at radius 3 is 2.83 bits per heavy atom. The van der Waals surface area contributed by atoms with Crippen molar-refractivity contribution >= 4 is 0 Å². The molecule has 1 aromatic heterocycles. The van der Waals surface area contributed by atoms with Crippen molar-refractivity contribution in [2.24, 2.45) is 23.7 Å². The second-order valence-electron chi connectivity index (χ2n) is 8.39. The fraction of sp³-hybridized carbons (Fsp3) is 0.789. The first-order valence-corrected chi connectivity index (χ1v) is 9.20. The number of nitrogens with one attached hydrogen (secondary N) is 1. The molecule has 126 valence electrons. The molecule has 0 radical (unpaired) electrons. The lowest BCUT2D eigenvalue weighted by atomic mass is 9.56. The molecule has 4 aliphatic rings. The minimum atomic E-state index is -0.458. The predicted octanol–water partition coefficient (Wildman–Crippen LogP) is 4.01. The zero-order valence-corrected chi connectivity index (χ0v) is 14.2. The minimum Gasteiger partial charge on any atom is -0.363 e. The number of ether oxygens (including phenoxy) is 3. The van der Waals surface area contributed by atoms with Gasteiger partial charge in [0.15, 0.2) is 12.1 Å². The van der Waals surface area contributed by atoms with Gasteiger partial charge in [0.2, 0.25) is 0 Å². The van der Waals surface area contributed by atoms with Gasteiger partial charge in [-0.15, -0.1) is 0 Å². The molecule has 4 heterocycles. The fourth-order valence-corrected chi connectivity index (χ4v) is 6.05. The van der Waals surface area contributed by atoms with E-state index in [0.717, 1.165) is 12.1 Å². The highest BCUT2D eigenvalue weighted by atomic mass is 16.8. The highest BCUT2D eigenvalue weighted by Crippen LogP contribution is 2.64. The zero-order chi connectivity index (χ0) is 15.8. The summed E-state index contributed by atoms with van der Waals surface area (Å²) in [7, 11) is 0. The lowest BCUT2D eigenvalue weighted by Gasteiger charge is -2.58. The van der Waals surface area contributed by atoms with Crippen LogP contribution in [0.25, 0.3) is 0 Å². The molecule has 8 atom stereocenters. The van der Waals surface area contributed by atoms with Gasteiger partial charge in [-0.1, -0.05) is 13.8 Å². The number of hydrogen-bond donors (Lipinski definition) is 1. The molecule has 1 N–H and O–H groups in total. The van der Waals surface area contributed by atoms with Gasteiger partial charge in [0.1, 0.15) is 11.7 Å². The van der Waals surface area contributed by atoms with Crippen molar-refractivity contribution in [3.05, 3.63) is 24.0 Å². The molecule has 1 aromatic rings. The third-order valence-corrected chi connectivity index (χ3v) is 7.12. The van der Waals surface area contributed by atoms with E-state index in [4.69, 9.17) is 14.2 Å². The van der Waals surface area contributed by atoms with Crippen LogP contribution in [-0.2, 0) is 14.2 Å². The van der Waals surface area contributed by atoms with Crippen LogP contribution in [0.2, 0.25) is 0 Å². The van der Waals surface area contributed by atoms with Crippen LogP contribution < -0.4 is 0 Å². The second-order valence-corrected chi connectivity index (χ2v) is 8.39. The number of rotatable bonds is 1. The van der Waals surface area contributed by atoms with E-state index >= 15 is 0 Å². The molecule has 2 bridgehead atoms. The van der Waals surface area contributed by atoms with Crippen LogP contribution in [0.5, 0.6) is 0 Å². The maximum absolute atomic E-state index is 6.69. The first kappa shape index (κ1) is 14.5. The highest BCUT2D eigenvalue weighted by molar-refractivity contribution is 5.17. The lowest BCUT2D eigenvalue weighted by Crippen LogP contribution is -2.64. The van der Waals surface area contributed by atoms with Gasteiger partial charge in [-0.25, -0.2) is 0 Å². The summed E-state index contributed by atoms with van der Waals surface area (Å²) < 4.78 is 19.6. The maximum atomic E-state index is 6.69. The molecule has 1 spiro atoms. The first-order chi connectivity index (χ1) is 11.0. The van der Waals surface area contributed by atoms with Crippen LogP contribution in [0.3, 0.4) is 0 Å². The normalized spacial score (nSPS) is 54.7. The van der Waals surface area contributed by atoms with Crippen molar-refractivity contribution in [3.8, 4) is 0 Å². The third-order valence-electron chi connectivity index (χ3n) is 7.12. The van der Waals surface area contributed by atoms with Gasteiger partial charge >= 0.3 is 0 Å². The van der Waals surface area contributed by atoms with Crippen molar-refractivity contribution in [1.29, 1.82) is 0 Å². The Labute approximate surface area is 137 Å². The number of fused-ring (bicyclic) bond motifs is 1. The second kappa shape index (κ2) is 4.62. The Morgan fingerprint density at radius 1 is 1.17 bits per heavy atom. The van der Waals surface area contributed by atoms with E-state index in [1.54, 1.807) is 0 Å². The number of aromatic nitrogens is 1. The van der Waals surface area contributed by atoms with E-state index < -0.39 is 5.79 Å². The predicted molar refractivity (Wildman–Crippen MR) is 85.5 cm³/mol. The Bertz CT molecular complexity index is 602. The number of H-pyrrole nitrogens is 1. The molecule has 4 nitrogen and oxygen atoms in total. The maximum Gasteiger partial charge on any atom is 0.191 e. The number of hydrogen-bond acceptors (Lipinski definition) is 3. The standard InChI is InChI=1S/C19H27NO3/c1-11-6-7-14-12(2)16(15-5-4-10-20-15)21-17-19(14)13(11)8-9-18(3,22-17)23-19/h4-5,10-14,16-17,20H,6-9H2,1-3H3/t11-,12-,13?,14?,16?,17-,18+,19-/m1/s1. The van der Waals surface area contributed by atoms with E-state index in [1.165, 1.54) is 19.3 Å². The molecular weight excluding hydrogens is 290 g/mol. The zero-order valence-electron chi connectivity index (χ0n) is 14.2. The molecular formula is C19H27NO3. The molecule has 0 amide bonds. The Kier molecular flexibility index (Phi) is 2.91. The summed E-state index contributed by atoms with van der Waals surface area (Å²) in [6.07, 6.45) is 6.53. The fourth-order valence-electron chi connectivity index (χ4n) is 6.05. The van der Waals surface area contributed by atoms with Gasteiger partial charge < -0.3 is 19.2 Å². The summed E-state index contributed by atoms with van der Waals surface area (Å²) in [6.45, 7) is 6.82. The van der Waals surface area contributed by atoms with E-state index in [0.29, 0.717) is 23.7 Å². The monoisotopic (exact) mass is 317 g/mol. The number of aromatic amines is 1.